The van der Waals surface area contributed by atoms with E-state index in [4.69, 9.17) is 5.26 Å². The van der Waals surface area contributed by atoms with E-state index >= 15 is 0 Å². The third-order valence-electron chi connectivity index (χ3n) is 5.29. The van der Waals surface area contributed by atoms with Crippen molar-refractivity contribution < 1.29 is 4.79 Å². The van der Waals surface area contributed by atoms with E-state index in [1.165, 1.54) is 24.0 Å². The Morgan fingerprint density at radius 3 is 2.52 bits per heavy atom. The van der Waals surface area contributed by atoms with Crippen LogP contribution in [0.25, 0.3) is 0 Å². The summed E-state index contributed by atoms with van der Waals surface area (Å²) in [5, 5.41) is 14.5. The Labute approximate surface area is 172 Å². The van der Waals surface area contributed by atoms with Crippen LogP contribution in [0.4, 0.5) is 10.5 Å². The van der Waals surface area contributed by atoms with Gasteiger partial charge in [-0.05, 0) is 80.2 Å². The number of urea groups is 1. The molecule has 1 atom stereocenters. The minimum atomic E-state index is -0.285. The zero-order valence-corrected chi connectivity index (χ0v) is 17.2. The SMILES string of the molecule is CCCN(CCC)C1Cc2cnc(CNC(=O)Nc3ccc(C#N)cc3)cc2C1. The second-order valence-corrected chi connectivity index (χ2v) is 7.54. The first-order chi connectivity index (χ1) is 14.1. The van der Waals surface area contributed by atoms with Gasteiger partial charge in [-0.25, -0.2) is 4.79 Å². The van der Waals surface area contributed by atoms with E-state index in [0.717, 1.165) is 31.6 Å². The molecule has 0 aliphatic heterocycles. The van der Waals surface area contributed by atoms with Crippen molar-refractivity contribution in [1.29, 1.82) is 5.26 Å². The lowest BCUT2D eigenvalue weighted by Crippen LogP contribution is -2.37. The summed E-state index contributed by atoms with van der Waals surface area (Å²) in [6.07, 6.45) is 6.45. The molecule has 0 fully saturated rings. The van der Waals surface area contributed by atoms with Crippen LogP contribution < -0.4 is 10.6 Å². The number of hydrogen-bond acceptors (Lipinski definition) is 4. The Morgan fingerprint density at radius 1 is 1.17 bits per heavy atom. The molecule has 2 N–H and O–H groups in total. The lowest BCUT2D eigenvalue weighted by molar-refractivity contribution is 0.202. The fourth-order valence-corrected chi connectivity index (χ4v) is 3.91. The van der Waals surface area contributed by atoms with Gasteiger partial charge < -0.3 is 10.6 Å². The van der Waals surface area contributed by atoms with Crippen molar-refractivity contribution in [2.75, 3.05) is 18.4 Å². The van der Waals surface area contributed by atoms with E-state index in [0.29, 0.717) is 23.8 Å². The predicted molar refractivity (Wildman–Crippen MR) is 115 cm³/mol. The highest BCUT2D eigenvalue weighted by Gasteiger charge is 2.26. The van der Waals surface area contributed by atoms with Crippen LogP contribution in [0, 0.1) is 11.3 Å². The van der Waals surface area contributed by atoms with E-state index in [-0.39, 0.29) is 6.03 Å². The van der Waals surface area contributed by atoms with E-state index in [1.54, 1.807) is 24.3 Å². The molecule has 0 saturated carbocycles. The van der Waals surface area contributed by atoms with Crippen molar-refractivity contribution in [3.8, 4) is 6.07 Å². The van der Waals surface area contributed by atoms with Crippen molar-refractivity contribution in [3.05, 3.63) is 58.9 Å². The Kier molecular flexibility index (Phi) is 7.20. The Morgan fingerprint density at radius 2 is 1.86 bits per heavy atom. The molecule has 152 valence electrons. The van der Waals surface area contributed by atoms with Crippen molar-refractivity contribution >= 4 is 11.7 Å². The number of nitriles is 1. The van der Waals surface area contributed by atoms with Crippen LogP contribution in [0.15, 0.2) is 36.5 Å². The molecule has 0 saturated heterocycles. The molecular formula is C23H29N5O. The lowest BCUT2D eigenvalue weighted by atomic mass is 10.1. The highest BCUT2D eigenvalue weighted by Crippen LogP contribution is 2.26. The zero-order chi connectivity index (χ0) is 20.6. The van der Waals surface area contributed by atoms with Gasteiger partial charge in [0.15, 0.2) is 0 Å². The second-order valence-electron chi connectivity index (χ2n) is 7.54. The zero-order valence-electron chi connectivity index (χ0n) is 17.2. The van der Waals surface area contributed by atoms with Gasteiger partial charge in [0.1, 0.15) is 0 Å². The van der Waals surface area contributed by atoms with Gasteiger partial charge in [-0.1, -0.05) is 13.8 Å². The van der Waals surface area contributed by atoms with E-state index in [2.05, 4.69) is 46.5 Å². The molecule has 2 amide bonds. The number of hydrogen-bond donors (Lipinski definition) is 2. The number of pyridine rings is 1. The maximum Gasteiger partial charge on any atom is 0.319 e. The normalized spacial score (nSPS) is 15.0. The number of benzene rings is 1. The number of aromatic nitrogens is 1. The molecule has 1 unspecified atom stereocenters. The van der Waals surface area contributed by atoms with E-state index < -0.39 is 0 Å². The van der Waals surface area contributed by atoms with Crippen LogP contribution in [-0.2, 0) is 19.4 Å². The number of carbonyl (C=O) groups excluding carboxylic acids is 1. The standard InChI is InChI=1S/C23H29N5O/c1-3-9-28(10-4-2)22-12-18-11-21(25-15-19(18)13-22)16-26-23(29)27-20-7-5-17(14-24)6-8-20/h5-8,11,15,22H,3-4,9-10,12-13,16H2,1-2H3,(H2,26,27,29). The first kappa shape index (κ1) is 20.8. The quantitative estimate of drug-likeness (QED) is 0.716. The van der Waals surface area contributed by atoms with Crippen LogP contribution in [0.5, 0.6) is 0 Å². The maximum absolute atomic E-state index is 12.1. The van der Waals surface area contributed by atoms with Crippen LogP contribution in [0.3, 0.4) is 0 Å². The summed E-state index contributed by atoms with van der Waals surface area (Å²) in [5.74, 6) is 0. The third kappa shape index (κ3) is 5.55. The molecule has 0 bridgehead atoms. The van der Waals surface area contributed by atoms with Crippen LogP contribution in [0.1, 0.15) is 49.1 Å². The summed E-state index contributed by atoms with van der Waals surface area (Å²) in [6, 6.07) is 11.2. The fraction of sp³-hybridized carbons (Fsp3) is 0.435. The lowest BCUT2D eigenvalue weighted by Gasteiger charge is -2.27. The second kappa shape index (κ2) is 10.0. The molecule has 1 aromatic heterocycles. The van der Waals surface area contributed by atoms with Gasteiger partial charge in [0.2, 0.25) is 0 Å². The summed E-state index contributed by atoms with van der Waals surface area (Å²) in [7, 11) is 0. The first-order valence-corrected chi connectivity index (χ1v) is 10.4. The summed E-state index contributed by atoms with van der Waals surface area (Å²) in [5.41, 5.74) is 4.77. The van der Waals surface area contributed by atoms with Crippen molar-refractivity contribution in [2.45, 2.75) is 52.1 Å². The fourth-order valence-electron chi connectivity index (χ4n) is 3.91. The van der Waals surface area contributed by atoms with E-state index in [1.807, 2.05) is 6.20 Å². The summed E-state index contributed by atoms with van der Waals surface area (Å²) in [6.45, 7) is 7.14. The molecule has 3 rings (SSSR count). The Hall–Kier alpha value is -2.91. The molecule has 1 aliphatic rings. The van der Waals surface area contributed by atoms with Gasteiger partial charge in [0.05, 0.1) is 23.9 Å². The molecule has 0 spiro atoms. The van der Waals surface area contributed by atoms with E-state index in [9.17, 15) is 4.79 Å². The van der Waals surface area contributed by atoms with Crippen LogP contribution >= 0.6 is 0 Å². The van der Waals surface area contributed by atoms with Crippen molar-refractivity contribution in [3.63, 3.8) is 0 Å². The molecule has 29 heavy (non-hydrogen) atoms. The summed E-state index contributed by atoms with van der Waals surface area (Å²) < 4.78 is 0. The monoisotopic (exact) mass is 391 g/mol. The average molecular weight is 392 g/mol. The minimum Gasteiger partial charge on any atom is -0.332 e. The topological polar surface area (TPSA) is 81.1 Å². The first-order valence-electron chi connectivity index (χ1n) is 10.4. The van der Waals surface area contributed by atoms with Gasteiger partial charge in [-0.15, -0.1) is 0 Å². The molecule has 6 heteroatoms. The number of amides is 2. The van der Waals surface area contributed by atoms with Gasteiger partial charge in [0, 0.05) is 17.9 Å². The highest BCUT2D eigenvalue weighted by molar-refractivity contribution is 5.89. The largest absolute Gasteiger partial charge is 0.332 e. The van der Waals surface area contributed by atoms with Crippen LogP contribution in [0.2, 0.25) is 0 Å². The molecule has 1 aromatic carbocycles. The number of fused-ring (bicyclic) bond motifs is 1. The molecule has 1 heterocycles. The Bertz CT molecular complexity index is 866. The van der Waals surface area contributed by atoms with Gasteiger partial charge in [-0.2, -0.15) is 5.26 Å². The van der Waals surface area contributed by atoms with Crippen molar-refractivity contribution in [2.24, 2.45) is 0 Å². The van der Waals surface area contributed by atoms with Crippen LogP contribution in [-0.4, -0.2) is 35.0 Å². The molecular weight excluding hydrogens is 362 g/mol. The van der Waals surface area contributed by atoms with Gasteiger partial charge in [0.25, 0.3) is 0 Å². The molecule has 6 nitrogen and oxygen atoms in total. The van der Waals surface area contributed by atoms with Gasteiger partial charge >= 0.3 is 6.03 Å². The number of carbonyl (C=O) groups is 1. The number of nitrogens with one attached hydrogen (secondary N) is 2. The highest BCUT2D eigenvalue weighted by atomic mass is 16.2. The van der Waals surface area contributed by atoms with Gasteiger partial charge in [-0.3, -0.25) is 9.88 Å². The summed E-state index contributed by atoms with van der Waals surface area (Å²) >= 11 is 0. The minimum absolute atomic E-state index is 0.285. The predicted octanol–water partition coefficient (Wildman–Crippen LogP) is 3.86. The summed E-state index contributed by atoms with van der Waals surface area (Å²) in [4.78, 5) is 19.3. The maximum atomic E-state index is 12.1. The average Bonchev–Trinajstić information content (AvgIpc) is 3.16. The number of anilines is 1. The molecule has 2 aromatic rings. The molecule has 0 radical (unpaired) electrons. The molecule has 1 aliphatic carbocycles. The Balaban J connectivity index is 1.54. The third-order valence-corrected chi connectivity index (χ3v) is 5.29. The number of rotatable bonds is 8. The smallest absolute Gasteiger partial charge is 0.319 e. The van der Waals surface area contributed by atoms with Crippen molar-refractivity contribution in [1.82, 2.24) is 15.2 Å². The number of nitrogens with zero attached hydrogens (tertiary/aromatic N) is 3.